The van der Waals surface area contributed by atoms with Gasteiger partial charge in [-0.3, -0.25) is 0 Å². The van der Waals surface area contributed by atoms with Crippen LogP contribution < -0.4 is 0 Å². The van der Waals surface area contributed by atoms with Gasteiger partial charge < -0.3 is 4.55 Å². The molecule has 0 radical (unpaired) electrons. The summed E-state index contributed by atoms with van der Waals surface area (Å²) in [6.45, 7) is 0. The van der Waals surface area contributed by atoms with Gasteiger partial charge in [0.2, 0.25) is 0 Å². The fraction of sp³-hybridized carbons (Fsp3) is 0.500. The Labute approximate surface area is 67.6 Å². The van der Waals surface area contributed by atoms with Crippen molar-refractivity contribution in [1.29, 1.82) is 0 Å². The molecule has 0 aromatic carbocycles. The molecule has 0 aromatic heterocycles. The van der Waals surface area contributed by atoms with Crippen LogP contribution in [0.3, 0.4) is 0 Å². The number of imide groups is 1. The Morgan fingerprint density at radius 1 is 1.25 bits per heavy atom. The smallest absolute Gasteiger partial charge is 0.368 e. The molecule has 1 aliphatic heterocycles. The zero-order valence-electron chi connectivity index (χ0n) is 5.76. The highest BCUT2D eigenvalue weighted by Gasteiger charge is 2.56. The number of amides is 2. The number of carbonyl (C=O) groups excluding carboxylic acids is 2. The van der Waals surface area contributed by atoms with Gasteiger partial charge in [0.05, 0.1) is 12.8 Å². The highest BCUT2D eigenvalue weighted by Crippen LogP contribution is 2.23. The van der Waals surface area contributed by atoms with Gasteiger partial charge in [0.15, 0.2) is 0 Å². The first kappa shape index (κ1) is 9.26. The number of hydrogen-bond donors (Lipinski definition) is 1. The SMILES string of the molecule is O=C1CCC(=O)[N+]1(O)S(=O)(=O)[O-]. The molecule has 1 fully saturated rings. The van der Waals surface area contributed by atoms with Crippen molar-refractivity contribution in [3.05, 3.63) is 0 Å². The van der Waals surface area contributed by atoms with Crippen molar-refractivity contribution in [2.24, 2.45) is 0 Å². The molecular formula is C4H5NO6S. The van der Waals surface area contributed by atoms with E-state index >= 15 is 0 Å². The Hall–Kier alpha value is -0.830. The summed E-state index contributed by atoms with van der Waals surface area (Å²) in [5.74, 6) is -2.59. The van der Waals surface area contributed by atoms with Gasteiger partial charge in [-0.05, 0) is 0 Å². The second-order valence-corrected chi connectivity index (χ2v) is 3.68. The summed E-state index contributed by atoms with van der Waals surface area (Å²) in [6.07, 6.45) is -0.840. The van der Waals surface area contributed by atoms with Crippen molar-refractivity contribution >= 4 is 22.1 Å². The van der Waals surface area contributed by atoms with Crippen LogP contribution in [0, 0.1) is 0 Å². The fourth-order valence-electron chi connectivity index (χ4n) is 0.905. The quantitative estimate of drug-likeness (QED) is 0.236. The molecule has 1 rings (SSSR count). The normalized spacial score (nSPS) is 23.2. The highest BCUT2D eigenvalue weighted by atomic mass is 32.2. The molecule has 1 aliphatic rings. The Kier molecular flexibility index (Phi) is 1.80. The van der Waals surface area contributed by atoms with E-state index in [1.54, 1.807) is 0 Å². The average Bonchev–Trinajstić information content (AvgIpc) is 2.16. The molecule has 0 saturated carbocycles. The lowest BCUT2D eigenvalue weighted by Gasteiger charge is -2.20. The van der Waals surface area contributed by atoms with Crippen LogP contribution in [0.15, 0.2) is 0 Å². The maximum absolute atomic E-state index is 10.7. The molecule has 0 unspecified atom stereocenters. The minimum atomic E-state index is -5.36. The molecule has 1 heterocycles. The molecule has 7 nitrogen and oxygen atoms in total. The van der Waals surface area contributed by atoms with Gasteiger partial charge >= 0.3 is 11.8 Å². The van der Waals surface area contributed by atoms with Crippen LogP contribution in [0.2, 0.25) is 0 Å². The van der Waals surface area contributed by atoms with Crippen LogP contribution in [0.5, 0.6) is 0 Å². The first-order chi connectivity index (χ1) is 5.30. The Bertz CT molecular complexity index is 327. The van der Waals surface area contributed by atoms with E-state index in [0.29, 0.717) is 0 Å². The van der Waals surface area contributed by atoms with Gasteiger partial charge in [-0.15, -0.1) is 0 Å². The lowest BCUT2D eigenvalue weighted by Crippen LogP contribution is -2.53. The molecular weight excluding hydrogens is 190 g/mol. The van der Waals surface area contributed by atoms with Crippen molar-refractivity contribution < 1.29 is 31.8 Å². The van der Waals surface area contributed by atoms with Gasteiger partial charge in [-0.25, -0.2) is 9.59 Å². The molecule has 0 aromatic rings. The van der Waals surface area contributed by atoms with E-state index in [2.05, 4.69) is 0 Å². The summed E-state index contributed by atoms with van der Waals surface area (Å²) >= 11 is 0. The van der Waals surface area contributed by atoms with Crippen LogP contribution in [0.25, 0.3) is 0 Å². The molecule has 68 valence electrons. The molecule has 12 heavy (non-hydrogen) atoms. The topological polar surface area (TPSA) is 112 Å². The number of rotatable bonds is 1. The predicted octanol–water partition coefficient (Wildman–Crippen LogP) is -1.50. The summed E-state index contributed by atoms with van der Waals surface area (Å²) in [6, 6.07) is 0. The van der Waals surface area contributed by atoms with Gasteiger partial charge in [-0.1, -0.05) is 0 Å². The average molecular weight is 195 g/mol. The summed E-state index contributed by atoms with van der Waals surface area (Å²) in [5, 5.41) is 8.90. The highest BCUT2D eigenvalue weighted by molar-refractivity contribution is 7.80. The monoisotopic (exact) mass is 195 g/mol. The summed E-state index contributed by atoms with van der Waals surface area (Å²) in [7, 11) is -5.36. The van der Waals surface area contributed by atoms with Crippen molar-refractivity contribution in [3.8, 4) is 0 Å². The third-order valence-corrected chi connectivity index (χ3v) is 2.61. The number of nitrogens with zero attached hydrogens (tertiary/aromatic N) is 1. The Morgan fingerprint density at radius 3 is 1.75 bits per heavy atom. The van der Waals surface area contributed by atoms with E-state index in [4.69, 9.17) is 5.21 Å². The minimum Gasteiger partial charge on any atom is -0.698 e. The van der Waals surface area contributed by atoms with E-state index in [-0.39, 0.29) is 0 Å². The minimum absolute atomic E-state index is 0.420. The van der Waals surface area contributed by atoms with Crippen molar-refractivity contribution in [2.45, 2.75) is 12.8 Å². The van der Waals surface area contributed by atoms with Crippen LogP contribution in [0.4, 0.5) is 0 Å². The van der Waals surface area contributed by atoms with Crippen LogP contribution in [-0.4, -0.2) is 34.0 Å². The first-order valence-corrected chi connectivity index (χ1v) is 4.31. The molecule has 8 heteroatoms. The van der Waals surface area contributed by atoms with Gasteiger partial charge in [-0.2, -0.15) is 13.6 Å². The maximum atomic E-state index is 10.7. The third kappa shape index (κ3) is 0.966. The zero-order chi connectivity index (χ0) is 9.57. The summed E-state index contributed by atoms with van der Waals surface area (Å²) in [5.41, 5.74) is 0. The van der Waals surface area contributed by atoms with E-state index < -0.39 is 39.0 Å². The largest absolute Gasteiger partial charge is 0.698 e. The van der Waals surface area contributed by atoms with E-state index in [0.717, 1.165) is 0 Å². The second kappa shape index (κ2) is 2.33. The Balaban J connectivity index is 3.31. The molecule has 0 spiro atoms. The molecule has 0 bridgehead atoms. The number of hydroxylamine groups is 2. The number of hydrogen-bond acceptors (Lipinski definition) is 6. The molecule has 1 N–H and O–H groups in total. The molecule has 0 aliphatic carbocycles. The molecule has 1 saturated heterocycles. The lowest BCUT2D eigenvalue weighted by molar-refractivity contribution is -0.867. The first-order valence-electron chi connectivity index (χ1n) is 2.95. The third-order valence-electron chi connectivity index (χ3n) is 1.55. The van der Waals surface area contributed by atoms with Crippen molar-refractivity contribution in [1.82, 2.24) is 0 Å². The zero-order valence-corrected chi connectivity index (χ0v) is 6.57. The van der Waals surface area contributed by atoms with E-state index in [1.807, 2.05) is 0 Å². The second-order valence-electron chi connectivity index (χ2n) is 2.29. The van der Waals surface area contributed by atoms with Crippen molar-refractivity contribution in [2.75, 3.05) is 0 Å². The standard InChI is InChI=1S/C4H5NO6S/c6-3-1-2-4(7)5(3,8)12(9,10)11/h8H,1-2H2. The summed E-state index contributed by atoms with van der Waals surface area (Å²) in [4.78, 5) is 21.4. The van der Waals surface area contributed by atoms with Crippen LogP contribution >= 0.6 is 0 Å². The van der Waals surface area contributed by atoms with Crippen molar-refractivity contribution in [3.63, 3.8) is 0 Å². The Morgan fingerprint density at radius 2 is 1.58 bits per heavy atom. The van der Waals surface area contributed by atoms with Crippen LogP contribution in [-0.2, 0) is 19.9 Å². The number of quaternary nitrogens is 1. The van der Waals surface area contributed by atoms with E-state index in [9.17, 15) is 22.6 Å². The van der Waals surface area contributed by atoms with Gasteiger partial charge in [0.25, 0.3) is 10.3 Å². The van der Waals surface area contributed by atoms with Gasteiger partial charge in [0.1, 0.15) is 0 Å². The number of carbonyl (C=O) groups is 2. The fourth-order valence-corrected chi connectivity index (χ4v) is 1.59. The maximum Gasteiger partial charge on any atom is 0.368 e. The van der Waals surface area contributed by atoms with Crippen LogP contribution in [0.1, 0.15) is 12.8 Å². The summed E-state index contributed by atoms with van der Waals surface area (Å²) < 4.78 is 28.3. The molecule has 2 amide bonds. The lowest BCUT2D eigenvalue weighted by atomic mass is 10.4. The van der Waals surface area contributed by atoms with Gasteiger partial charge in [0, 0.05) is 4.05 Å². The van der Waals surface area contributed by atoms with E-state index in [1.165, 1.54) is 0 Å². The molecule has 0 atom stereocenters. The predicted molar refractivity (Wildman–Crippen MR) is 31.0 cm³/mol.